The average molecular weight is 309 g/mol. The van der Waals surface area contributed by atoms with Gasteiger partial charge in [0, 0.05) is 37.2 Å². The molecule has 0 bridgehead atoms. The van der Waals surface area contributed by atoms with Gasteiger partial charge in [0.25, 0.3) is 5.91 Å². The number of rotatable bonds is 4. The maximum absolute atomic E-state index is 12.9. The number of aromatic nitrogens is 1. The topological polar surface area (TPSA) is 36.4 Å². The fraction of sp³-hybridized carbons (Fsp3) is 0.368. The van der Waals surface area contributed by atoms with Gasteiger partial charge in [0.1, 0.15) is 5.69 Å². The number of benzene rings is 1. The van der Waals surface area contributed by atoms with E-state index in [1.165, 1.54) is 12.8 Å². The lowest BCUT2D eigenvalue weighted by Gasteiger charge is -2.22. The van der Waals surface area contributed by atoms with Crippen LogP contribution in [0.15, 0.2) is 42.6 Å². The van der Waals surface area contributed by atoms with E-state index in [-0.39, 0.29) is 5.91 Å². The van der Waals surface area contributed by atoms with E-state index in [1.807, 2.05) is 50.2 Å². The lowest BCUT2D eigenvalue weighted by atomic mass is 10.2. The number of carbonyl (C=O) groups excluding carboxylic acids is 1. The van der Waals surface area contributed by atoms with Crippen LogP contribution in [0.1, 0.15) is 35.8 Å². The number of amides is 1. The molecule has 0 saturated carbocycles. The normalized spacial score (nSPS) is 14.1. The summed E-state index contributed by atoms with van der Waals surface area (Å²) in [5, 5.41) is 0. The molecule has 0 spiro atoms. The number of pyridine rings is 1. The Bertz CT molecular complexity index is 693. The van der Waals surface area contributed by atoms with Gasteiger partial charge in [-0.1, -0.05) is 12.1 Å². The van der Waals surface area contributed by atoms with Crippen molar-refractivity contribution in [2.45, 2.75) is 26.7 Å². The van der Waals surface area contributed by atoms with Crippen LogP contribution in [-0.2, 0) is 0 Å². The monoisotopic (exact) mass is 309 g/mol. The van der Waals surface area contributed by atoms with E-state index in [9.17, 15) is 4.79 Å². The van der Waals surface area contributed by atoms with Gasteiger partial charge >= 0.3 is 0 Å². The van der Waals surface area contributed by atoms with Crippen molar-refractivity contribution < 1.29 is 4.79 Å². The van der Waals surface area contributed by atoms with Crippen LogP contribution in [-0.4, -0.2) is 30.5 Å². The molecule has 1 aliphatic heterocycles. The van der Waals surface area contributed by atoms with Crippen molar-refractivity contribution >= 4 is 17.3 Å². The molecule has 0 radical (unpaired) electrons. The van der Waals surface area contributed by atoms with E-state index in [2.05, 4.69) is 9.88 Å². The zero-order chi connectivity index (χ0) is 16.2. The van der Waals surface area contributed by atoms with Crippen LogP contribution >= 0.6 is 0 Å². The molecule has 0 aliphatic carbocycles. The third-order valence-electron chi connectivity index (χ3n) is 4.31. The van der Waals surface area contributed by atoms with Crippen molar-refractivity contribution in [2.24, 2.45) is 0 Å². The van der Waals surface area contributed by atoms with Crippen LogP contribution in [0.4, 0.5) is 11.4 Å². The van der Waals surface area contributed by atoms with Crippen LogP contribution in [0, 0.1) is 6.92 Å². The molecule has 2 heterocycles. The Hall–Kier alpha value is -2.36. The molecule has 1 aromatic carbocycles. The average Bonchev–Trinajstić information content (AvgIpc) is 3.10. The Morgan fingerprint density at radius 3 is 2.70 bits per heavy atom. The third-order valence-corrected chi connectivity index (χ3v) is 4.31. The minimum absolute atomic E-state index is 0.0425. The van der Waals surface area contributed by atoms with Crippen molar-refractivity contribution in [3.8, 4) is 0 Å². The van der Waals surface area contributed by atoms with Crippen LogP contribution in [0.5, 0.6) is 0 Å². The van der Waals surface area contributed by atoms with Gasteiger partial charge in [-0.15, -0.1) is 0 Å². The van der Waals surface area contributed by atoms with E-state index in [1.54, 1.807) is 11.1 Å². The lowest BCUT2D eigenvalue weighted by Crippen LogP contribution is -2.31. The largest absolute Gasteiger partial charge is 0.371 e. The maximum Gasteiger partial charge on any atom is 0.276 e. The summed E-state index contributed by atoms with van der Waals surface area (Å²) in [6.45, 7) is 6.77. The highest BCUT2D eigenvalue weighted by molar-refractivity contribution is 6.05. The Morgan fingerprint density at radius 1 is 1.22 bits per heavy atom. The summed E-state index contributed by atoms with van der Waals surface area (Å²) in [6.07, 6.45) is 4.18. The first-order chi connectivity index (χ1) is 11.2. The van der Waals surface area contributed by atoms with Gasteiger partial charge in [0.15, 0.2) is 0 Å². The molecule has 1 saturated heterocycles. The fourth-order valence-corrected chi connectivity index (χ4v) is 3.09. The van der Waals surface area contributed by atoms with Gasteiger partial charge in [-0.2, -0.15) is 0 Å². The molecule has 1 amide bonds. The van der Waals surface area contributed by atoms with E-state index in [0.29, 0.717) is 12.2 Å². The minimum atomic E-state index is -0.0425. The minimum Gasteiger partial charge on any atom is -0.371 e. The quantitative estimate of drug-likeness (QED) is 0.865. The van der Waals surface area contributed by atoms with E-state index in [0.717, 1.165) is 30.0 Å². The summed E-state index contributed by atoms with van der Waals surface area (Å²) in [5.41, 5.74) is 3.68. The van der Waals surface area contributed by atoms with Crippen molar-refractivity contribution in [1.82, 2.24) is 4.98 Å². The summed E-state index contributed by atoms with van der Waals surface area (Å²) in [5.74, 6) is -0.0425. The highest BCUT2D eigenvalue weighted by Gasteiger charge is 2.19. The summed E-state index contributed by atoms with van der Waals surface area (Å²) < 4.78 is 0. The van der Waals surface area contributed by atoms with Crippen molar-refractivity contribution in [3.05, 3.63) is 53.9 Å². The Kier molecular flexibility index (Phi) is 4.60. The van der Waals surface area contributed by atoms with Crippen molar-refractivity contribution in [3.63, 3.8) is 0 Å². The van der Waals surface area contributed by atoms with Crippen LogP contribution in [0.2, 0.25) is 0 Å². The number of nitrogens with zero attached hydrogens (tertiary/aromatic N) is 3. The van der Waals surface area contributed by atoms with E-state index >= 15 is 0 Å². The molecule has 23 heavy (non-hydrogen) atoms. The highest BCUT2D eigenvalue weighted by atomic mass is 16.2. The second-order valence-corrected chi connectivity index (χ2v) is 5.98. The number of hydrogen-bond donors (Lipinski definition) is 0. The molecule has 0 atom stereocenters. The number of hydrogen-bond acceptors (Lipinski definition) is 3. The zero-order valence-corrected chi connectivity index (χ0v) is 13.8. The summed E-state index contributed by atoms with van der Waals surface area (Å²) in [7, 11) is 0. The highest BCUT2D eigenvalue weighted by Crippen LogP contribution is 2.22. The van der Waals surface area contributed by atoms with Crippen molar-refractivity contribution in [1.29, 1.82) is 0 Å². The molecule has 3 rings (SSSR count). The van der Waals surface area contributed by atoms with Crippen LogP contribution < -0.4 is 9.80 Å². The van der Waals surface area contributed by atoms with Gasteiger partial charge in [0.2, 0.25) is 0 Å². The molecule has 4 heteroatoms. The molecule has 120 valence electrons. The van der Waals surface area contributed by atoms with Gasteiger partial charge in [0.05, 0.1) is 0 Å². The second kappa shape index (κ2) is 6.82. The molecule has 0 N–H and O–H groups in total. The maximum atomic E-state index is 12.9. The first-order valence-corrected chi connectivity index (χ1v) is 8.28. The van der Waals surface area contributed by atoms with Crippen LogP contribution in [0.25, 0.3) is 0 Å². The van der Waals surface area contributed by atoms with Gasteiger partial charge in [-0.25, -0.2) is 0 Å². The molecular formula is C19H23N3O. The fourth-order valence-electron chi connectivity index (χ4n) is 3.09. The predicted octanol–water partition coefficient (Wildman–Crippen LogP) is 3.66. The molecule has 1 aliphatic rings. The number of carbonyl (C=O) groups is 1. The molecule has 0 unspecified atom stereocenters. The van der Waals surface area contributed by atoms with E-state index in [4.69, 9.17) is 0 Å². The van der Waals surface area contributed by atoms with Crippen LogP contribution in [0.3, 0.4) is 0 Å². The molecule has 1 fully saturated rings. The summed E-state index contributed by atoms with van der Waals surface area (Å²) in [6, 6.07) is 11.9. The first-order valence-electron chi connectivity index (χ1n) is 8.28. The van der Waals surface area contributed by atoms with Gasteiger partial charge in [-0.05, 0) is 56.5 Å². The number of anilines is 2. The first kappa shape index (κ1) is 15.5. The smallest absolute Gasteiger partial charge is 0.276 e. The molecule has 4 nitrogen and oxygen atoms in total. The van der Waals surface area contributed by atoms with Gasteiger partial charge in [-0.3, -0.25) is 9.78 Å². The standard InChI is InChI=1S/C19H23N3O/c1-3-22(17-8-6-7-15(2)13-17)19(23)18-14-16(9-10-20-18)21-11-4-5-12-21/h6-10,13-14H,3-5,11-12H2,1-2H3. The molecular weight excluding hydrogens is 286 g/mol. The summed E-state index contributed by atoms with van der Waals surface area (Å²) >= 11 is 0. The Morgan fingerprint density at radius 2 is 2.00 bits per heavy atom. The lowest BCUT2D eigenvalue weighted by molar-refractivity contribution is 0.0983. The SMILES string of the molecule is CCN(C(=O)c1cc(N2CCCC2)ccn1)c1cccc(C)c1. The molecule has 2 aromatic rings. The third kappa shape index (κ3) is 3.36. The second-order valence-electron chi connectivity index (χ2n) is 5.98. The number of aryl methyl sites for hydroxylation is 1. The predicted molar refractivity (Wildman–Crippen MR) is 94.2 cm³/mol. The molecule has 1 aromatic heterocycles. The van der Waals surface area contributed by atoms with Crippen molar-refractivity contribution in [2.75, 3.05) is 29.4 Å². The Labute approximate surface area is 137 Å². The summed E-state index contributed by atoms with van der Waals surface area (Å²) in [4.78, 5) is 21.3. The van der Waals surface area contributed by atoms with Gasteiger partial charge < -0.3 is 9.80 Å². The van der Waals surface area contributed by atoms with E-state index < -0.39 is 0 Å². The zero-order valence-electron chi connectivity index (χ0n) is 13.8. The Balaban J connectivity index is 1.87.